The van der Waals surface area contributed by atoms with Gasteiger partial charge in [0.15, 0.2) is 0 Å². The predicted molar refractivity (Wildman–Crippen MR) is 111 cm³/mol. The van der Waals surface area contributed by atoms with Crippen molar-refractivity contribution in [1.29, 1.82) is 0 Å². The first-order valence-electron chi connectivity index (χ1n) is 9.96. The Balaban J connectivity index is 1.54. The third-order valence-electron chi connectivity index (χ3n) is 5.54. The lowest BCUT2D eigenvalue weighted by atomic mass is 9.95. The Labute approximate surface area is 159 Å². The van der Waals surface area contributed by atoms with E-state index in [9.17, 15) is 0 Å². The molecule has 2 aromatic carbocycles. The Hall–Kier alpha value is -1.65. The van der Waals surface area contributed by atoms with Crippen molar-refractivity contribution in [2.24, 2.45) is 5.73 Å². The van der Waals surface area contributed by atoms with Crippen LogP contribution in [0.2, 0.25) is 0 Å². The van der Waals surface area contributed by atoms with E-state index in [1.165, 1.54) is 46.7 Å². The first kappa shape index (κ1) is 17.7. The third-order valence-corrected chi connectivity index (χ3v) is 6.56. The topological polar surface area (TPSA) is 48.1 Å². The lowest BCUT2D eigenvalue weighted by molar-refractivity contribution is 0.304. The molecule has 1 fully saturated rings. The molecule has 0 radical (unpaired) electrons. The highest BCUT2D eigenvalue weighted by Crippen LogP contribution is 2.38. The van der Waals surface area contributed by atoms with E-state index in [1.807, 2.05) is 0 Å². The van der Waals surface area contributed by atoms with Gasteiger partial charge in [0.1, 0.15) is 0 Å². The van der Waals surface area contributed by atoms with Crippen LogP contribution in [-0.2, 0) is 0 Å². The van der Waals surface area contributed by atoms with Gasteiger partial charge >= 0.3 is 0 Å². The molecule has 0 bridgehead atoms. The maximum atomic E-state index is 6.10. The summed E-state index contributed by atoms with van der Waals surface area (Å²) >= 11 is 1.68. The van der Waals surface area contributed by atoms with E-state index in [4.69, 9.17) is 10.5 Å². The maximum Gasteiger partial charge on any atom is 0.274 e. The lowest BCUT2D eigenvalue weighted by Crippen LogP contribution is -2.14. The van der Waals surface area contributed by atoms with Crippen LogP contribution in [0.5, 0.6) is 5.19 Å². The Morgan fingerprint density at radius 3 is 2.88 bits per heavy atom. The average Bonchev–Trinajstić information content (AvgIpc) is 3.27. The van der Waals surface area contributed by atoms with Crippen molar-refractivity contribution in [1.82, 2.24) is 4.98 Å². The molecule has 3 aromatic rings. The van der Waals surface area contributed by atoms with Gasteiger partial charge < -0.3 is 10.5 Å². The number of rotatable bonds is 7. The van der Waals surface area contributed by atoms with Crippen molar-refractivity contribution in [2.75, 3.05) is 6.61 Å². The number of nitrogens with zero attached hydrogens (tertiary/aromatic N) is 1. The monoisotopic (exact) mass is 368 g/mol. The van der Waals surface area contributed by atoms with Crippen LogP contribution in [0.1, 0.15) is 63.4 Å². The molecule has 1 aliphatic carbocycles. The fourth-order valence-electron chi connectivity index (χ4n) is 4.04. The van der Waals surface area contributed by atoms with Gasteiger partial charge in [-0.1, -0.05) is 61.8 Å². The van der Waals surface area contributed by atoms with Crippen LogP contribution in [0.25, 0.3) is 21.0 Å². The minimum absolute atomic E-state index is 0.372. The van der Waals surface area contributed by atoms with Crippen LogP contribution < -0.4 is 10.5 Å². The Morgan fingerprint density at radius 2 is 2.08 bits per heavy atom. The number of ether oxygens (including phenoxy) is 1. The van der Waals surface area contributed by atoms with Gasteiger partial charge in [-0.3, -0.25) is 0 Å². The van der Waals surface area contributed by atoms with Crippen LogP contribution in [0, 0.1) is 0 Å². The summed E-state index contributed by atoms with van der Waals surface area (Å²) in [6.45, 7) is 3.00. The molecule has 2 atom stereocenters. The molecule has 0 saturated heterocycles. The number of fused-ring (bicyclic) bond motifs is 3. The molecule has 0 aliphatic heterocycles. The van der Waals surface area contributed by atoms with Gasteiger partial charge in [-0.15, -0.1) is 0 Å². The van der Waals surface area contributed by atoms with Gasteiger partial charge in [0.2, 0.25) is 0 Å². The van der Waals surface area contributed by atoms with Crippen molar-refractivity contribution in [3.05, 3.63) is 35.9 Å². The molecule has 1 saturated carbocycles. The van der Waals surface area contributed by atoms with Crippen molar-refractivity contribution in [3.8, 4) is 5.19 Å². The highest BCUT2D eigenvalue weighted by molar-refractivity contribution is 7.21. The van der Waals surface area contributed by atoms with Crippen LogP contribution in [0.15, 0.2) is 30.3 Å². The Morgan fingerprint density at radius 1 is 1.15 bits per heavy atom. The molecular weight excluding hydrogens is 340 g/mol. The molecule has 0 spiro atoms. The van der Waals surface area contributed by atoms with Crippen LogP contribution >= 0.6 is 11.3 Å². The number of hydrogen-bond acceptors (Lipinski definition) is 4. The molecule has 2 unspecified atom stereocenters. The fraction of sp³-hybridized carbons (Fsp3) is 0.500. The van der Waals surface area contributed by atoms with Gasteiger partial charge in [-0.05, 0) is 48.6 Å². The second kappa shape index (κ2) is 7.93. The van der Waals surface area contributed by atoms with E-state index in [0.29, 0.717) is 12.0 Å². The summed E-state index contributed by atoms with van der Waals surface area (Å²) in [5, 5.41) is 3.38. The minimum Gasteiger partial charge on any atom is -0.470 e. The van der Waals surface area contributed by atoms with Crippen LogP contribution in [-0.4, -0.2) is 17.6 Å². The molecule has 4 heteroatoms. The highest BCUT2D eigenvalue weighted by atomic mass is 32.1. The molecule has 138 valence electrons. The summed E-state index contributed by atoms with van der Waals surface area (Å²) in [5.41, 5.74) is 8.57. The summed E-state index contributed by atoms with van der Waals surface area (Å²) < 4.78 is 7.13. The second-order valence-electron chi connectivity index (χ2n) is 7.55. The van der Waals surface area contributed by atoms with E-state index in [0.717, 1.165) is 36.6 Å². The van der Waals surface area contributed by atoms with E-state index in [2.05, 4.69) is 42.2 Å². The summed E-state index contributed by atoms with van der Waals surface area (Å²) in [6.07, 6.45) is 8.35. The SMILES string of the molecule is CCCCCCOc1nc2ccc3cc(C4CCC(N)C4)ccc3c2s1. The average molecular weight is 369 g/mol. The largest absolute Gasteiger partial charge is 0.470 e. The summed E-state index contributed by atoms with van der Waals surface area (Å²) in [4.78, 5) is 4.67. The number of benzene rings is 2. The molecule has 2 N–H and O–H groups in total. The van der Waals surface area contributed by atoms with Gasteiger partial charge in [-0.2, -0.15) is 0 Å². The molecule has 0 amide bonds. The molecule has 1 aromatic heterocycles. The normalized spacial score (nSPS) is 20.2. The maximum absolute atomic E-state index is 6.10. The number of aromatic nitrogens is 1. The highest BCUT2D eigenvalue weighted by Gasteiger charge is 2.23. The molecule has 4 rings (SSSR count). The Bertz CT molecular complexity index is 888. The molecule has 3 nitrogen and oxygen atoms in total. The van der Waals surface area contributed by atoms with E-state index in [-0.39, 0.29) is 0 Å². The number of unbranched alkanes of at least 4 members (excludes halogenated alkanes) is 3. The standard InChI is InChI=1S/C22H28N2OS/c1-2-3-4-5-12-25-22-24-20-11-8-17-13-15(16-6-9-18(23)14-16)7-10-19(17)21(20)26-22/h7-8,10-11,13,16,18H,2-6,9,12,14,23H2,1H3. The number of hydrogen-bond donors (Lipinski definition) is 1. The predicted octanol–water partition coefficient (Wildman–Crippen LogP) is 6.00. The minimum atomic E-state index is 0.372. The molecule has 1 heterocycles. The third kappa shape index (κ3) is 3.72. The first-order valence-corrected chi connectivity index (χ1v) is 10.8. The fourth-order valence-corrected chi connectivity index (χ4v) is 5.01. The van der Waals surface area contributed by atoms with Gasteiger partial charge in [0.05, 0.1) is 16.8 Å². The van der Waals surface area contributed by atoms with Crippen LogP contribution in [0.3, 0.4) is 0 Å². The van der Waals surface area contributed by atoms with E-state index < -0.39 is 0 Å². The zero-order valence-electron chi connectivity index (χ0n) is 15.5. The summed E-state index contributed by atoms with van der Waals surface area (Å²) in [5.74, 6) is 0.619. The van der Waals surface area contributed by atoms with Crippen molar-refractivity contribution in [2.45, 2.75) is 63.8 Å². The molecular formula is C22H28N2OS. The zero-order valence-corrected chi connectivity index (χ0v) is 16.4. The number of nitrogens with two attached hydrogens (primary N) is 1. The summed E-state index contributed by atoms with van der Waals surface area (Å²) in [6, 6.07) is 11.6. The molecule has 1 aliphatic rings. The Kier molecular flexibility index (Phi) is 5.41. The van der Waals surface area contributed by atoms with Crippen molar-refractivity contribution >= 4 is 32.3 Å². The van der Waals surface area contributed by atoms with Crippen molar-refractivity contribution in [3.63, 3.8) is 0 Å². The smallest absolute Gasteiger partial charge is 0.274 e. The van der Waals surface area contributed by atoms with Crippen molar-refractivity contribution < 1.29 is 4.74 Å². The molecule has 26 heavy (non-hydrogen) atoms. The quantitative estimate of drug-likeness (QED) is 0.520. The lowest BCUT2D eigenvalue weighted by Gasteiger charge is -2.11. The second-order valence-corrected chi connectivity index (χ2v) is 8.51. The van der Waals surface area contributed by atoms with E-state index >= 15 is 0 Å². The zero-order chi connectivity index (χ0) is 17.9. The van der Waals surface area contributed by atoms with Crippen LogP contribution in [0.4, 0.5) is 0 Å². The van der Waals surface area contributed by atoms with Gasteiger partial charge in [0.25, 0.3) is 5.19 Å². The first-order chi connectivity index (χ1) is 12.7. The van der Waals surface area contributed by atoms with E-state index in [1.54, 1.807) is 11.3 Å². The van der Waals surface area contributed by atoms with Gasteiger partial charge in [-0.25, -0.2) is 4.98 Å². The summed E-state index contributed by atoms with van der Waals surface area (Å²) in [7, 11) is 0. The van der Waals surface area contributed by atoms with Gasteiger partial charge in [0, 0.05) is 11.4 Å². The number of thiazole rings is 1.